The van der Waals surface area contributed by atoms with Crippen LogP contribution in [0, 0.1) is 0 Å². The molecule has 49 heavy (non-hydrogen) atoms. The highest BCUT2D eigenvalue weighted by molar-refractivity contribution is 5.97. The smallest absolute Gasteiger partial charge is 0.160 e. The molecule has 0 unspecified atom stereocenters. The molecule has 0 saturated heterocycles. The summed E-state index contributed by atoms with van der Waals surface area (Å²) in [5.41, 5.74) is 14.9. The van der Waals surface area contributed by atoms with Crippen molar-refractivity contribution >= 4 is 33.8 Å². The quantitative estimate of drug-likeness (QED) is 0.184. The molecule has 0 amide bonds. The Kier molecular flexibility index (Phi) is 6.91. The molecule has 0 bridgehead atoms. The number of aromatic nitrogens is 3. The van der Waals surface area contributed by atoms with E-state index in [1.54, 1.807) is 0 Å². The van der Waals surface area contributed by atoms with Gasteiger partial charge in [0.25, 0.3) is 0 Å². The van der Waals surface area contributed by atoms with E-state index in [0.29, 0.717) is 0 Å². The van der Waals surface area contributed by atoms with Gasteiger partial charge >= 0.3 is 0 Å². The van der Waals surface area contributed by atoms with Gasteiger partial charge < -0.3 is 4.57 Å². The molecule has 3 nitrogen and oxygen atoms in total. The van der Waals surface area contributed by atoms with E-state index in [1.165, 1.54) is 49.5 Å². The van der Waals surface area contributed by atoms with Crippen LogP contribution in [-0.4, -0.2) is 14.5 Å². The predicted octanol–water partition coefficient (Wildman–Crippen LogP) is 11.8. The van der Waals surface area contributed by atoms with Gasteiger partial charge in [0.1, 0.15) is 0 Å². The van der Waals surface area contributed by atoms with Crippen LogP contribution in [0.15, 0.2) is 152 Å². The van der Waals surface area contributed by atoms with Gasteiger partial charge in [-0.25, -0.2) is 9.97 Å². The molecule has 2 heterocycles. The predicted molar refractivity (Wildman–Crippen MR) is 206 cm³/mol. The van der Waals surface area contributed by atoms with Crippen molar-refractivity contribution in [2.75, 3.05) is 0 Å². The lowest BCUT2D eigenvalue weighted by molar-refractivity contribution is 1.11. The van der Waals surface area contributed by atoms with E-state index in [4.69, 9.17) is 9.97 Å². The van der Waals surface area contributed by atoms with Crippen LogP contribution in [0.5, 0.6) is 0 Å². The third-order valence-corrected chi connectivity index (χ3v) is 9.74. The molecule has 8 aromatic rings. The summed E-state index contributed by atoms with van der Waals surface area (Å²) in [7, 11) is 0. The molecule has 0 N–H and O–H groups in total. The van der Waals surface area contributed by atoms with Gasteiger partial charge in [-0.2, -0.15) is 0 Å². The molecule has 0 spiro atoms. The summed E-state index contributed by atoms with van der Waals surface area (Å²) in [6.07, 6.45) is 7.03. The topological polar surface area (TPSA) is 30.7 Å². The first-order valence-electron chi connectivity index (χ1n) is 16.8. The molecular formula is C46H33N3. The number of fused-ring (bicyclic) bond motifs is 5. The maximum Gasteiger partial charge on any atom is 0.160 e. The van der Waals surface area contributed by atoms with Gasteiger partial charge in [-0.15, -0.1) is 0 Å². The number of hydrogen-bond acceptors (Lipinski definition) is 2. The van der Waals surface area contributed by atoms with Crippen LogP contribution in [0.3, 0.4) is 0 Å². The van der Waals surface area contributed by atoms with E-state index in [1.807, 2.05) is 24.3 Å². The molecule has 2 aromatic heterocycles. The average molecular weight is 628 g/mol. The van der Waals surface area contributed by atoms with Crippen molar-refractivity contribution in [3.05, 3.63) is 175 Å². The maximum absolute atomic E-state index is 5.20. The molecule has 0 saturated carbocycles. The second-order valence-electron chi connectivity index (χ2n) is 12.6. The Hall–Kier alpha value is -6.32. The first-order valence-corrected chi connectivity index (χ1v) is 16.8. The highest BCUT2D eigenvalue weighted by Crippen LogP contribution is 2.45. The van der Waals surface area contributed by atoms with Crippen LogP contribution in [0.1, 0.15) is 29.3 Å². The average Bonchev–Trinajstić information content (AvgIpc) is 3.70. The first-order chi connectivity index (χ1) is 24.2. The van der Waals surface area contributed by atoms with E-state index in [9.17, 15) is 0 Å². The lowest BCUT2D eigenvalue weighted by Gasteiger charge is -2.13. The Morgan fingerprint density at radius 3 is 2.10 bits per heavy atom. The lowest BCUT2D eigenvalue weighted by Crippen LogP contribution is -1.99. The number of nitrogens with zero attached hydrogens (tertiary/aromatic N) is 3. The Morgan fingerprint density at radius 1 is 0.612 bits per heavy atom. The minimum absolute atomic E-state index is 0.756. The van der Waals surface area contributed by atoms with E-state index in [2.05, 4.69) is 152 Å². The minimum Gasteiger partial charge on any atom is -0.309 e. The molecule has 9 rings (SSSR count). The summed E-state index contributed by atoms with van der Waals surface area (Å²) < 4.78 is 2.34. The van der Waals surface area contributed by atoms with Gasteiger partial charge in [-0.3, -0.25) is 0 Å². The normalized spacial score (nSPS) is 12.1. The second kappa shape index (κ2) is 11.7. The van der Waals surface area contributed by atoms with Crippen LogP contribution >= 0.6 is 0 Å². The fraction of sp³-hybridized carbons (Fsp3) is 0.0435. The van der Waals surface area contributed by atoms with Gasteiger partial charge in [-0.05, 0) is 64.7 Å². The summed E-state index contributed by atoms with van der Waals surface area (Å²) in [6, 6.07) is 49.6. The first kappa shape index (κ1) is 28.9. The summed E-state index contributed by atoms with van der Waals surface area (Å²) in [5, 5.41) is 3.61. The van der Waals surface area contributed by atoms with Crippen LogP contribution in [0.25, 0.3) is 84.5 Å². The molecule has 3 heteroatoms. The summed E-state index contributed by atoms with van der Waals surface area (Å²) in [4.78, 5) is 10.4. The van der Waals surface area contributed by atoms with Crippen LogP contribution in [0.4, 0.5) is 0 Å². The number of rotatable bonds is 6. The van der Waals surface area contributed by atoms with Crippen molar-refractivity contribution in [2.45, 2.75) is 13.3 Å². The standard InChI is InChI=1S/C46H33N3/c1-3-14-42-36(4-2)38-19-11-12-22-43(38)49(42)35-26-25-32-27-34(24-23-33(32)28-35)37-20-13-21-39-40(37)29-41-44(30-15-7-5-8-16-30)47-46(48-45(39)41)31-17-9-6-10-18-31/h3-28H,2,29H2,1H3/b14-3-. The van der Waals surface area contributed by atoms with Gasteiger partial charge in [-0.1, -0.05) is 134 Å². The van der Waals surface area contributed by atoms with Crippen LogP contribution in [-0.2, 0) is 6.42 Å². The lowest BCUT2D eigenvalue weighted by atomic mass is 9.94. The van der Waals surface area contributed by atoms with Gasteiger partial charge in [0, 0.05) is 45.3 Å². The number of hydrogen-bond donors (Lipinski definition) is 0. The van der Waals surface area contributed by atoms with Crippen LogP contribution in [0.2, 0.25) is 0 Å². The largest absolute Gasteiger partial charge is 0.309 e. The van der Waals surface area contributed by atoms with E-state index in [0.717, 1.165) is 51.7 Å². The number of benzene rings is 6. The number of para-hydroxylation sites is 1. The van der Waals surface area contributed by atoms with Crippen molar-refractivity contribution in [3.8, 4) is 50.7 Å². The zero-order valence-electron chi connectivity index (χ0n) is 27.3. The Morgan fingerprint density at radius 2 is 1.31 bits per heavy atom. The molecular weight excluding hydrogens is 595 g/mol. The van der Waals surface area contributed by atoms with Gasteiger partial charge in [0.2, 0.25) is 0 Å². The molecule has 1 aliphatic carbocycles. The molecule has 0 radical (unpaired) electrons. The SMILES string of the molecule is C=Cc1c(/C=C\C)n(-c2ccc3cc(-c4cccc5c4Cc4c(-c6ccccc6)nc(-c6ccccc6)nc4-5)ccc3c2)c2ccccc12. The van der Waals surface area contributed by atoms with Crippen LogP contribution < -0.4 is 0 Å². The Balaban J connectivity index is 1.16. The molecule has 6 aromatic carbocycles. The van der Waals surface area contributed by atoms with Crippen molar-refractivity contribution in [1.82, 2.24) is 14.5 Å². The van der Waals surface area contributed by atoms with E-state index in [-0.39, 0.29) is 0 Å². The summed E-state index contributed by atoms with van der Waals surface area (Å²) in [6.45, 7) is 6.20. The summed E-state index contributed by atoms with van der Waals surface area (Å²) in [5.74, 6) is 0.756. The molecule has 0 aliphatic heterocycles. The maximum atomic E-state index is 5.20. The molecule has 0 atom stereocenters. The Bertz CT molecular complexity index is 2590. The molecule has 0 fully saturated rings. The molecule has 232 valence electrons. The highest BCUT2D eigenvalue weighted by Gasteiger charge is 2.28. The fourth-order valence-electron chi connectivity index (χ4n) is 7.51. The zero-order chi connectivity index (χ0) is 32.9. The monoisotopic (exact) mass is 627 g/mol. The summed E-state index contributed by atoms with van der Waals surface area (Å²) >= 11 is 0. The van der Waals surface area contributed by atoms with Crippen molar-refractivity contribution < 1.29 is 0 Å². The molecule has 1 aliphatic rings. The third-order valence-electron chi connectivity index (χ3n) is 9.74. The number of allylic oxidation sites excluding steroid dienone is 1. The van der Waals surface area contributed by atoms with Crippen molar-refractivity contribution in [3.63, 3.8) is 0 Å². The highest BCUT2D eigenvalue weighted by atomic mass is 15.0. The van der Waals surface area contributed by atoms with E-state index >= 15 is 0 Å². The minimum atomic E-state index is 0.756. The van der Waals surface area contributed by atoms with Gasteiger partial charge in [0.15, 0.2) is 5.82 Å². The van der Waals surface area contributed by atoms with E-state index < -0.39 is 0 Å². The third kappa shape index (κ3) is 4.74. The van der Waals surface area contributed by atoms with Crippen molar-refractivity contribution in [1.29, 1.82) is 0 Å². The fourth-order valence-corrected chi connectivity index (χ4v) is 7.51. The second-order valence-corrected chi connectivity index (χ2v) is 12.6. The Labute approximate surface area is 286 Å². The zero-order valence-corrected chi connectivity index (χ0v) is 27.3. The van der Waals surface area contributed by atoms with Gasteiger partial charge in [0.05, 0.1) is 22.6 Å². The van der Waals surface area contributed by atoms with Crippen molar-refractivity contribution in [2.24, 2.45) is 0 Å².